The number of hydrogen-bond acceptors (Lipinski definition) is 7. The molecule has 5 N–H and O–H groups in total. The Kier molecular flexibility index (Phi) is 12.8. The quantitative estimate of drug-likeness (QED) is 0.122. The summed E-state index contributed by atoms with van der Waals surface area (Å²) < 4.78 is 62.0. The third-order valence-corrected chi connectivity index (χ3v) is 11.1. The van der Waals surface area contributed by atoms with Gasteiger partial charge in [0.25, 0.3) is 0 Å². The number of benzene rings is 2. The van der Waals surface area contributed by atoms with E-state index in [0.717, 1.165) is 0 Å². The smallest absolute Gasteiger partial charge is 0.246 e. The maximum atomic E-state index is 15.4. The van der Waals surface area contributed by atoms with Gasteiger partial charge in [0.05, 0.1) is 48.9 Å². The molecule has 2 aliphatic rings. The molecule has 6 unspecified atom stereocenters. The lowest BCUT2D eigenvalue weighted by Gasteiger charge is -2.36. The third-order valence-electron chi connectivity index (χ3n) is 11.1. The average molecular weight is 812 g/mol. The van der Waals surface area contributed by atoms with E-state index in [4.69, 9.17) is 4.98 Å². The minimum absolute atomic E-state index is 0.00226. The Balaban J connectivity index is 1.42. The number of rotatable bonds is 14. The first-order chi connectivity index (χ1) is 27.5. The molecule has 0 saturated carbocycles. The van der Waals surface area contributed by atoms with Crippen LogP contribution >= 0.6 is 0 Å². The zero-order chi connectivity index (χ0) is 42.1. The Bertz CT molecular complexity index is 2170. The van der Waals surface area contributed by atoms with Crippen LogP contribution in [0.25, 0.3) is 33.5 Å². The van der Waals surface area contributed by atoms with Gasteiger partial charge in [-0.1, -0.05) is 27.7 Å². The highest BCUT2D eigenvalue weighted by Crippen LogP contribution is 2.37. The second-order valence-electron chi connectivity index (χ2n) is 16.5. The summed E-state index contributed by atoms with van der Waals surface area (Å²) in [6, 6.07) is 5.08. The van der Waals surface area contributed by atoms with Crippen LogP contribution < -0.4 is 21.3 Å². The first-order valence-corrected chi connectivity index (χ1v) is 19.8. The van der Waals surface area contributed by atoms with Gasteiger partial charge in [0.15, 0.2) is 5.82 Å². The van der Waals surface area contributed by atoms with E-state index in [9.17, 15) is 28.0 Å². The van der Waals surface area contributed by atoms with E-state index in [0.29, 0.717) is 27.7 Å². The molecule has 2 saturated heterocycles. The summed E-state index contributed by atoms with van der Waals surface area (Å²) in [5.74, 6) is -2.40. The normalized spacial score (nSPS) is 20.9. The lowest BCUT2D eigenvalue weighted by Crippen LogP contribution is -2.57. The Labute approximate surface area is 334 Å². The molecule has 2 aromatic carbocycles. The number of likely N-dealkylation sites (tertiary alicyclic amines) is 2. The Morgan fingerprint density at radius 1 is 0.862 bits per heavy atom. The van der Waals surface area contributed by atoms with Gasteiger partial charge in [0.2, 0.25) is 23.6 Å². The highest BCUT2D eigenvalue weighted by Gasteiger charge is 2.44. The highest BCUT2D eigenvalue weighted by molar-refractivity contribution is 5.93. The molecule has 13 nitrogen and oxygen atoms in total. The van der Waals surface area contributed by atoms with Gasteiger partial charge in [0, 0.05) is 42.4 Å². The van der Waals surface area contributed by atoms with E-state index >= 15 is 8.78 Å². The van der Waals surface area contributed by atoms with E-state index in [-0.39, 0.29) is 81.6 Å². The Morgan fingerprint density at radius 3 is 2.10 bits per heavy atom. The molecule has 4 heterocycles. The summed E-state index contributed by atoms with van der Waals surface area (Å²) in [4.78, 5) is 64.3. The molecule has 4 amide bonds. The monoisotopic (exact) mass is 811 g/mol. The zero-order valence-corrected chi connectivity index (χ0v) is 33.7. The lowest BCUT2D eigenvalue weighted by molar-refractivity contribution is -0.140. The second kappa shape index (κ2) is 17.4. The SMILES string of the molecule is CCC(NC(=O)CNC)C(=O)N1CC(F)CC1Cc1c(-c2nc3cc(F)ccc3n2CC2CC(F)CN2C(=O)C(NC(=O)CNC)C(C)(C)C)[nH]c2cc(F)ccc12. The van der Waals surface area contributed by atoms with Crippen molar-refractivity contribution in [2.75, 3.05) is 40.3 Å². The summed E-state index contributed by atoms with van der Waals surface area (Å²) in [7, 11) is 3.22. The number of fused-ring (bicyclic) bond motifs is 2. The molecular formula is C41H53F4N9O4. The minimum atomic E-state index is -1.36. The molecule has 314 valence electrons. The standard InChI is InChI=1S/C41H53F4N9O4/c1-7-30(48-34(55)17-46-5)39(57)52-19-24(44)12-26(52)16-29-28-10-8-22(42)14-31(28)49-36(29)38-50-32-15-23(43)9-11-33(32)54(38)21-27-13-25(45)20-53(27)40(58)37(41(2,3)4)51-35(56)18-47-6/h8-11,14-15,24-27,30,37,46-47,49H,7,12-13,16-21H2,1-6H3,(H,48,55)(H,51,56). The molecule has 2 aliphatic heterocycles. The number of imidazole rings is 1. The molecule has 6 atom stereocenters. The maximum Gasteiger partial charge on any atom is 0.246 e. The van der Waals surface area contributed by atoms with Crippen LogP contribution in [0.3, 0.4) is 0 Å². The molecule has 58 heavy (non-hydrogen) atoms. The van der Waals surface area contributed by atoms with Crippen molar-refractivity contribution < 1.29 is 36.7 Å². The molecular weight excluding hydrogens is 759 g/mol. The Hall–Kier alpha value is -5.03. The Morgan fingerprint density at radius 2 is 1.47 bits per heavy atom. The molecule has 0 bridgehead atoms. The fourth-order valence-electron chi connectivity index (χ4n) is 8.31. The summed E-state index contributed by atoms with van der Waals surface area (Å²) in [5.41, 5.74) is 1.44. The number of alkyl halides is 2. The first-order valence-electron chi connectivity index (χ1n) is 19.8. The largest absolute Gasteiger partial charge is 0.352 e. The average Bonchev–Trinajstić information content (AvgIpc) is 3.91. The van der Waals surface area contributed by atoms with Gasteiger partial charge >= 0.3 is 0 Å². The van der Waals surface area contributed by atoms with E-state index in [2.05, 4.69) is 26.3 Å². The van der Waals surface area contributed by atoms with Crippen molar-refractivity contribution in [1.82, 2.24) is 45.6 Å². The van der Waals surface area contributed by atoms with Crippen LogP contribution in [0.1, 0.15) is 52.5 Å². The molecule has 2 fully saturated rings. The van der Waals surface area contributed by atoms with Crippen LogP contribution in [0, 0.1) is 17.0 Å². The van der Waals surface area contributed by atoms with Crippen LogP contribution in [0.4, 0.5) is 17.6 Å². The number of halogens is 4. The third kappa shape index (κ3) is 8.99. The van der Waals surface area contributed by atoms with Gasteiger partial charge in [0.1, 0.15) is 36.1 Å². The number of nitrogens with zero attached hydrogens (tertiary/aromatic N) is 4. The highest BCUT2D eigenvalue weighted by atomic mass is 19.1. The molecule has 0 aliphatic carbocycles. The summed E-state index contributed by atoms with van der Waals surface area (Å²) in [6.07, 6.45) is -2.30. The van der Waals surface area contributed by atoms with Crippen molar-refractivity contribution >= 4 is 45.6 Å². The van der Waals surface area contributed by atoms with Crippen molar-refractivity contribution in [3.8, 4) is 11.5 Å². The number of hydrogen-bond donors (Lipinski definition) is 5. The fraction of sp³-hybridized carbons (Fsp3) is 0.537. The van der Waals surface area contributed by atoms with Crippen LogP contribution in [0.2, 0.25) is 0 Å². The summed E-state index contributed by atoms with van der Waals surface area (Å²) in [6.45, 7) is 6.84. The van der Waals surface area contributed by atoms with Gasteiger partial charge in [-0.3, -0.25) is 19.2 Å². The van der Waals surface area contributed by atoms with Gasteiger partial charge in [-0.2, -0.15) is 0 Å². The molecule has 17 heteroatoms. The number of aromatic amines is 1. The van der Waals surface area contributed by atoms with E-state index in [1.54, 1.807) is 37.7 Å². The summed E-state index contributed by atoms with van der Waals surface area (Å²) in [5, 5.41) is 11.7. The van der Waals surface area contributed by atoms with Crippen molar-refractivity contribution in [3.05, 3.63) is 53.6 Å². The van der Waals surface area contributed by atoms with Crippen molar-refractivity contribution in [2.24, 2.45) is 5.41 Å². The van der Waals surface area contributed by atoms with Crippen LogP contribution in [0.5, 0.6) is 0 Å². The van der Waals surface area contributed by atoms with Crippen molar-refractivity contribution in [2.45, 2.75) is 96.4 Å². The zero-order valence-electron chi connectivity index (χ0n) is 33.7. The number of likely N-dealkylation sites (N-methyl/N-ethyl adjacent to an activating group) is 2. The molecule has 0 radical (unpaired) electrons. The number of aromatic nitrogens is 3. The molecule has 2 aromatic heterocycles. The van der Waals surface area contributed by atoms with Crippen LogP contribution in [-0.2, 0) is 32.1 Å². The number of nitrogens with one attached hydrogen (secondary N) is 5. The van der Waals surface area contributed by atoms with E-state index in [1.165, 1.54) is 34.1 Å². The van der Waals surface area contributed by atoms with Gasteiger partial charge < -0.3 is 40.6 Å². The second-order valence-corrected chi connectivity index (χ2v) is 16.5. The van der Waals surface area contributed by atoms with Crippen molar-refractivity contribution in [1.29, 1.82) is 0 Å². The fourth-order valence-corrected chi connectivity index (χ4v) is 8.31. The molecule has 0 spiro atoms. The first kappa shape index (κ1) is 42.6. The predicted molar refractivity (Wildman–Crippen MR) is 212 cm³/mol. The lowest BCUT2D eigenvalue weighted by atomic mass is 9.85. The summed E-state index contributed by atoms with van der Waals surface area (Å²) >= 11 is 0. The topological polar surface area (TPSA) is 156 Å². The van der Waals surface area contributed by atoms with Gasteiger partial charge in [-0.25, -0.2) is 22.5 Å². The van der Waals surface area contributed by atoms with E-state index in [1.807, 2.05) is 20.8 Å². The number of H-pyrrole nitrogens is 1. The number of amides is 4. The minimum Gasteiger partial charge on any atom is -0.352 e. The number of carbonyl (C=O) groups excluding carboxylic acids is 4. The molecule has 6 rings (SSSR count). The number of carbonyl (C=O) groups is 4. The van der Waals surface area contributed by atoms with Crippen LogP contribution in [0.15, 0.2) is 36.4 Å². The van der Waals surface area contributed by atoms with Gasteiger partial charge in [-0.05, 0) is 68.2 Å². The van der Waals surface area contributed by atoms with Gasteiger partial charge in [-0.15, -0.1) is 0 Å². The predicted octanol–water partition coefficient (Wildman–Crippen LogP) is 3.75. The van der Waals surface area contributed by atoms with Crippen LogP contribution in [-0.4, -0.2) is 125 Å². The maximum absolute atomic E-state index is 15.4. The van der Waals surface area contributed by atoms with Crippen molar-refractivity contribution in [3.63, 3.8) is 0 Å². The molecule has 4 aromatic rings. The van der Waals surface area contributed by atoms with E-state index < -0.39 is 65.4 Å².